The van der Waals surface area contributed by atoms with E-state index in [0.717, 1.165) is 23.4 Å². The summed E-state index contributed by atoms with van der Waals surface area (Å²) < 4.78 is 5.80. The quantitative estimate of drug-likeness (QED) is 0.758. The molecule has 0 heterocycles. The third-order valence-electron chi connectivity index (χ3n) is 3.70. The standard InChI is InChI=1S/C19H23ClN2O2.ClH/c1-21-10-11-22(2)19(23)13-16-4-3-5-18(12-16)24-14-15-6-8-17(20)9-7-15;/h3-9,12,21H,10-11,13-14H2,1-2H3;1H. The molecule has 0 aromatic heterocycles. The lowest BCUT2D eigenvalue weighted by Gasteiger charge is -2.17. The summed E-state index contributed by atoms with van der Waals surface area (Å²) in [6, 6.07) is 15.2. The molecule has 0 unspecified atom stereocenters. The van der Waals surface area contributed by atoms with Crippen molar-refractivity contribution >= 4 is 29.9 Å². The number of halogens is 2. The molecule has 0 radical (unpaired) electrons. The summed E-state index contributed by atoms with van der Waals surface area (Å²) in [6.07, 6.45) is 0.373. The number of amides is 1. The Kier molecular flexibility index (Phi) is 9.35. The highest BCUT2D eigenvalue weighted by Gasteiger charge is 2.09. The van der Waals surface area contributed by atoms with Gasteiger partial charge in [-0.05, 0) is 42.4 Å². The van der Waals surface area contributed by atoms with Gasteiger partial charge in [0.1, 0.15) is 12.4 Å². The molecule has 1 N–H and O–H groups in total. The molecule has 0 fully saturated rings. The normalized spacial score (nSPS) is 10.0. The van der Waals surface area contributed by atoms with Crippen molar-refractivity contribution in [1.82, 2.24) is 10.2 Å². The molecular formula is C19H24Cl2N2O2. The first-order valence-electron chi connectivity index (χ1n) is 7.93. The Morgan fingerprint density at radius 2 is 1.88 bits per heavy atom. The highest BCUT2D eigenvalue weighted by Crippen LogP contribution is 2.17. The average molecular weight is 383 g/mol. The summed E-state index contributed by atoms with van der Waals surface area (Å²) in [5.41, 5.74) is 2.00. The van der Waals surface area contributed by atoms with Crippen LogP contribution in [0, 0.1) is 0 Å². The van der Waals surface area contributed by atoms with E-state index in [1.54, 1.807) is 4.90 Å². The fraction of sp³-hybridized carbons (Fsp3) is 0.316. The van der Waals surface area contributed by atoms with Crippen LogP contribution in [0.4, 0.5) is 0 Å². The van der Waals surface area contributed by atoms with Gasteiger partial charge in [-0.15, -0.1) is 12.4 Å². The zero-order chi connectivity index (χ0) is 17.4. The third kappa shape index (κ3) is 7.34. The number of carbonyl (C=O) groups excluding carboxylic acids is 1. The first kappa shape index (κ1) is 21.3. The highest BCUT2D eigenvalue weighted by atomic mass is 35.5. The van der Waals surface area contributed by atoms with Gasteiger partial charge in [0.25, 0.3) is 0 Å². The van der Waals surface area contributed by atoms with E-state index in [4.69, 9.17) is 16.3 Å². The maximum absolute atomic E-state index is 12.2. The van der Waals surface area contributed by atoms with Crippen molar-refractivity contribution in [3.63, 3.8) is 0 Å². The lowest BCUT2D eigenvalue weighted by Crippen LogP contribution is -2.33. The summed E-state index contributed by atoms with van der Waals surface area (Å²) >= 11 is 5.87. The number of ether oxygens (including phenoxy) is 1. The second-order valence-electron chi connectivity index (χ2n) is 5.66. The van der Waals surface area contributed by atoms with Gasteiger partial charge in [-0.3, -0.25) is 4.79 Å². The van der Waals surface area contributed by atoms with E-state index in [1.807, 2.05) is 62.6 Å². The van der Waals surface area contributed by atoms with Gasteiger partial charge >= 0.3 is 0 Å². The molecule has 136 valence electrons. The van der Waals surface area contributed by atoms with Gasteiger partial charge in [0.15, 0.2) is 0 Å². The van der Waals surface area contributed by atoms with Gasteiger partial charge in [0.2, 0.25) is 5.91 Å². The molecule has 2 aromatic carbocycles. The Bertz CT molecular complexity index is 663. The zero-order valence-corrected chi connectivity index (χ0v) is 16.1. The van der Waals surface area contributed by atoms with Gasteiger partial charge in [-0.25, -0.2) is 0 Å². The van der Waals surface area contributed by atoms with Crippen LogP contribution in [-0.2, 0) is 17.8 Å². The number of benzene rings is 2. The van der Waals surface area contributed by atoms with Crippen LogP contribution in [0.2, 0.25) is 5.02 Å². The largest absolute Gasteiger partial charge is 0.489 e. The van der Waals surface area contributed by atoms with Crippen LogP contribution in [0.3, 0.4) is 0 Å². The van der Waals surface area contributed by atoms with Crippen molar-refractivity contribution in [3.05, 3.63) is 64.7 Å². The summed E-state index contributed by atoms with van der Waals surface area (Å²) in [7, 11) is 3.69. The Balaban J connectivity index is 0.00000312. The smallest absolute Gasteiger partial charge is 0.226 e. The maximum atomic E-state index is 12.2. The van der Waals surface area contributed by atoms with E-state index < -0.39 is 0 Å². The van der Waals surface area contributed by atoms with E-state index in [2.05, 4.69) is 5.32 Å². The zero-order valence-electron chi connectivity index (χ0n) is 14.5. The number of hydrogen-bond acceptors (Lipinski definition) is 3. The molecular weight excluding hydrogens is 359 g/mol. The van der Waals surface area contributed by atoms with Crippen molar-refractivity contribution in [2.24, 2.45) is 0 Å². The van der Waals surface area contributed by atoms with Gasteiger partial charge in [-0.1, -0.05) is 35.9 Å². The SMILES string of the molecule is CNCCN(C)C(=O)Cc1cccc(OCc2ccc(Cl)cc2)c1.Cl. The van der Waals surface area contributed by atoms with Crippen LogP contribution in [0.1, 0.15) is 11.1 Å². The molecule has 0 bridgehead atoms. The van der Waals surface area contributed by atoms with Crippen LogP contribution in [0.5, 0.6) is 5.75 Å². The highest BCUT2D eigenvalue weighted by molar-refractivity contribution is 6.30. The maximum Gasteiger partial charge on any atom is 0.226 e. The number of rotatable bonds is 8. The molecule has 0 spiro atoms. The molecule has 0 saturated carbocycles. The van der Waals surface area contributed by atoms with Gasteiger partial charge in [0.05, 0.1) is 6.42 Å². The molecule has 0 aliphatic heterocycles. The molecule has 0 atom stereocenters. The number of nitrogens with zero attached hydrogens (tertiary/aromatic N) is 1. The van der Waals surface area contributed by atoms with E-state index >= 15 is 0 Å². The predicted octanol–water partition coefficient (Wildman–Crippen LogP) is 3.56. The molecule has 0 aliphatic carbocycles. The fourth-order valence-electron chi connectivity index (χ4n) is 2.21. The molecule has 2 aromatic rings. The summed E-state index contributed by atoms with van der Waals surface area (Å²) in [4.78, 5) is 13.9. The van der Waals surface area contributed by atoms with Gasteiger partial charge < -0.3 is 15.0 Å². The summed E-state index contributed by atoms with van der Waals surface area (Å²) in [6.45, 7) is 1.95. The minimum atomic E-state index is 0. The lowest BCUT2D eigenvalue weighted by molar-refractivity contribution is -0.129. The Hall–Kier alpha value is -1.75. The third-order valence-corrected chi connectivity index (χ3v) is 3.95. The lowest BCUT2D eigenvalue weighted by atomic mass is 10.1. The number of likely N-dealkylation sites (N-methyl/N-ethyl adjacent to an activating group) is 2. The van der Waals surface area contributed by atoms with Crippen LogP contribution in [0.25, 0.3) is 0 Å². The van der Waals surface area contributed by atoms with Gasteiger partial charge in [-0.2, -0.15) is 0 Å². The Morgan fingerprint density at radius 3 is 2.56 bits per heavy atom. The van der Waals surface area contributed by atoms with Crippen molar-refractivity contribution in [2.75, 3.05) is 27.2 Å². The monoisotopic (exact) mass is 382 g/mol. The van der Waals surface area contributed by atoms with Crippen LogP contribution < -0.4 is 10.1 Å². The van der Waals surface area contributed by atoms with Crippen molar-refractivity contribution in [3.8, 4) is 5.75 Å². The van der Waals surface area contributed by atoms with Crippen LogP contribution in [-0.4, -0.2) is 38.0 Å². The van der Waals surface area contributed by atoms with E-state index in [9.17, 15) is 4.79 Å². The number of nitrogens with one attached hydrogen (secondary N) is 1. The minimum absolute atomic E-state index is 0. The first-order valence-corrected chi connectivity index (χ1v) is 8.31. The molecule has 6 heteroatoms. The van der Waals surface area contributed by atoms with Crippen LogP contribution >= 0.6 is 24.0 Å². The predicted molar refractivity (Wildman–Crippen MR) is 105 cm³/mol. The fourth-order valence-corrected chi connectivity index (χ4v) is 2.33. The Morgan fingerprint density at radius 1 is 1.16 bits per heavy atom. The second-order valence-corrected chi connectivity index (χ2v) is 6.09. The molecule has 0 saturated heterocycles. The second kappa shape index (κ2) is 11.0. The Labute approximate surface area is 160 Å². The summed E-state index contributed by atoms with van der Waals surface area (Å²) in [5.74, 6) is 0.855. The van der Waals surface area contributed by atoms with E-state index in [-0.39, 0.29) is 18.3 Å². The van der Waals surface area contributed by atoms with E-state index in [0.29, 0.717) is 24.6 Å². The average Bonchev–Trinajstić information content (AvgIpc) is 2.59. The minimum Gasteiger partial charge on any atom is -0.489 e. The van der Waals surface area contributed by atoms with Crippen molar-refractivity contribution in [1.29, 1.82) is 0 Å². The molecule has 1 amide bonds. The summed E-state index contributed by atoms with van der Waals surface area (Å²) in [5, 5.41) is 3.75. The van der Waals surface area contributed by atoms with Crippen LogP contribution in [0.15, 0.2) is 48.5 Å². The molecule has 0 aliphatic rings. The number of carbonyl (C=O) groups is 1. The topological polar surface area (TPSA) is 41.6 Å². The number of hydrogen-bond donors (Lipinski definition) is 1. The van der Waals surface area contributed by atoms with E-state index in [1.165, 1.54) is 0 Å². The van der Waals surface area contributed by atoms with Gasteiger partial charge in [0, 0.05) is 25.2 Å². The van der Waals surface area contributed by atoms with Crippen molar-refractivity contribution < 1.29 is 9.53 Å². The first-order chi connectivity index (χ1) is 11.6. The van der Waals surface area contributed by atoms with Crippen molar-refractivity contribution in [2.45, 2.75) is 13.0 Å². The molecule has 25 heavy (non-hydrogen) atoms. The molecule has 2 rings (SSSR count). The molecule has 4 nitrogen and oxygen atoms in total.